The lowest BCUT2D eigenvalue weighted by Crippen LogP contribution is -2.02. The van der Waals surface area contributed by atoms with Crippen LogP contribution >= 0.6 is 0 Å². The van der Waals surface area contributed by atoms with Crippen molar-refractivity contribution in [3.63, 3.8) is 0 Å². The molecule has 0 bridgehead atoms. The van der Waals surface area contributed by atoms with E-state index in [1.54, 1.807) is 26.4 Å². The molecule has 2 N–H and O–H groups in total. The van der Waals surface area contributed by atoms with Crippen molar-refractivity contribution in [3.8, 4) is 17.2 Å². The first-order chi connectivity index (χ1) is 9.63. The highest BCUT2D eigenvalue weighted by atomic mass is 19.1. The Kier molecular flexibility index (Phi) is 4.30. The summed E-state index contributed by atoms with van der Waals surface area (Å²) in [6.45, 7) is 0.417. The molecule has 0 aliphatic heterocycles. The van der Waals surface area contributed by atoms with Gasteiger partial charge in [-0.2, -0.15) is 0 Å². The Balaban J connectivity index is 2.12. The summed E-state index contributed by atoms with van der Waals surface area (Å²) < 4.78 is 23.6. The number of hydrogen-bond donors (Lipinski definition) is 2. The molecule has 0 fully saturated rings. The molecule has 106 valence electrons. The highest BCUT2D eigenvalue weighted by Gasteiger charge is 2.06. The zero-order chi connectivity index (χ0) is 14.5. The molecule has 0 atom stereocenters. The lowest BCUT2D eigenvalue weighted by atomic mass is 10.2. The fraction of sp³-hybridized carbons (Fsp3) is 0.200. The molecule has 0 aliphatic rings. The smallest absolute Gasteiger partial charge is 0.165 e. The molecule has 20 heavy (non-hydrogen) atoms. The van der Waals surface area contributed by atoms with Crippen molar-refractivity contribution in [1.29, 1.82) is 0 Å². The molecule has 0 heterocycles. The van der Waals surface area contributed by atoms with Gasteiger partial charge in [0, 0.05) is 12.6 Å². The van der Waals surface area contributed by atoms with E-state index in [1.807, 2.05) is 12.1 Å². The van der Waals surface area contributed by atoms with Crippen LogP contribution in [0.25, 0.3) is 0 Å². The normalized spacial score (nSPS) is 10.2. The summed E-state index contributed by atoms with van der Waals surface area (Å²) in [6, 6.07) is 9.67. The molecule has 0 aromatic heterocycles. The van der Waals surface area contributed by atoms with Gasteiger partial charge in [0.15, 0.2) is 11.6 Å². The number of phenolic OH excluding ortho intramolecular Hbond substituents is 1. The monoisotopic (exact) mass is 277 g/mol. The first-order valence-electron chi connectivity index (χ1n) is 6.07. The average molecular weight is 277 g/mol. The van der Waals surface area contributed by atoms with Crippen LogP contribution in [0, 0.1) is 5.82 Å². The molecule has 2 rings (SSSR count). The van der Waals surface area contributed by atoms with E-state index < -0.39 is 5.82 Å². The highest BCUT2D eigenvalue weighted by molar-refractivity contribution is 5.59. The zero-order valence-electron chi connectivity index (χ0n) is 11.3. The Labute approximate surface area is 116 Å². The largest absolute Gasteiger partial charge is 0.505 e. The van der Waals surface area contributed by atoms with Crippen LogP contribution in [0.4, 0.5) is 10.1 Å². The standard InChI is InChI=1S/C15H16FNO3/c1-19-11-4-5-13(15(8-11)20-2)17-9-10-3-6-14(18)12(16)7-10/h3-8,17-18H,9H2,1-2H3. The van der Waals surface area contributed by atoms with Gasteiger partial charge < -0.3 is 19.9 Å². The molecule has 2 aromatic rings. The number of rotatable bonds is 5. The van der Waals surface area contributed by atoms with Gasteiger partial charge in [-0.1, -0.05) is 6.07 Å². The Hall–Kier alpha value is -2.43. The maximum Gasteiger partial charge on any atom is 0.165 e. The van der Waals surface area contributed by atoms with Crippen LogP contribution in [0.2, 0.25) is 0 Å². The topological polar surface area (TPSA) is 50.7 Å². The Morgan fingerprint density at radius 2 is 1.90 bits per heavy atom. The summed E-state index contributed by atoms with van der Waals surface area (Å²) in [6.07, 6.45) is 0. The third-order valence-corrected chi connectivity index (χ3v) is 2.90. The second kappa shape index (κ2) is 6.14. The number of anilines is 1. The minimum Gasteiger partial charge on any atom is -0.505 e. The van der Waals surface area contributed by atoms with Gasteiger partial charge >= 0.3 is 0 Å². The van der Waals surface area contributed by atoms with E-state index >= 15 is 0 Å². The van der Waals surface area contributed by atoms with Gasteiger partial charge in [-0.05, 0) is 29.8 Å². The minimum atomic E-state index is -0.633. The molecule has 0 amide bonds. The van der Waals surface area contributed by atoms with Gasteiger partial charge in [0.1, 0.15) is 11.5 Å². The van der Waals surface area contributed by atoms with Crippen LogP contribution in [0.1, 0.15) is 5.56 Å². The molecular weight excluding hydrogens is 261 g/mol. The summed E-state index contributed by atoms with van der Waals surface area (Å²) in [5.74, 6) is 0.355. The molecule has 0 saturated heterocycles. The molecule has 0 aliphatic carbocycles. The number of benzene rings is 2. The van der Waals surface area contributed by atoms with E-state index in [9.17, 15) is 4.39 Å². The predicted molar refractivity (Wildman–Crippen MR) is 74.9 cm³/mol. The fourth-order valence-corrected chi connectivity index (χ4v) is 1.80. The number of nitrogens with one attached hydrogen (secondary N) is 1. The van der Waals surface area contributed by atoms with E-state index in [2.05, 4.69) is 5.32 Å². The third-order valence-electron chi connectivity index (χ3n) is 2.90. The number of phenols is 1. The molecule has 0 unspecified atom stereocenters. The minimum absolute atomic E-state index is 0.351. The number of methoxy groups -OCH3 is 2. The van der Waals surface area contributed by atoms with Gasteiger partial charge in [0.25, 0.3) is 0 Å². The van der Waals surface area contributed by atoms with Crippen LogP contribution in [0.5, 0.6) is 17.2 Å². The van der Waals surface area contributed by atoms with Crippen LogP contribution in [0.15, 0.2) is 36.4 Å². The predicted octanol–water partition coefficient (Wildman–Crippen LogP) is 3.16. The Morgan fingerprint density at radius 1 is 1.10 bits per heavy atom. The average Bonchev–Trinajstić information content (AvgIpc) is 2.48. The second-order valence-corrected chi connectivity index (χ2v) is 4.21. The summed E-state index contributed by atoms with van der Waals surface area (Å²) in [4.78, 5) is 0. The van der Waals surface area contributed by atoms with Crippen LogP contribution in [-0.2, 0) is 6.54 Å². The Morgan fingerprint density at radius 3 is 2.55 bits per heavy atom. The summed E-state index contributed by atoms with van der Waals surface area (Å²) in [7, 11) is 3.15. The SMILES string of the molecule is COc1ccc(NCc2ccc(O)c(F)c2)c(OC)c1. The number of halogens is 1. The van der Waals surface area contributed by atoms with Gasteiger partial charge in [0.05, 0.1) is 19.9 Å². The van der Waals surface area contributed by atoms with Crippen LogP contribution < -0.4 is 14.8 Å². The van der Waals surface area contributed by atoms with Gasteiger partial charge in [-0.25, -0.2) is 4.39 Å². The second-order valence-electron chi connectivity index (χ2n) is 4.21. The Bertz CT molecular complexity index is 602. The number of hydrogen-bond acceptors (Lipinski definition) is 4. The molecule has 0 radical (unpaired) electrons. The van der Waals surface area contributed by atoms with E-state index in [1.165, 1.54) is 12.1 Å². The van der Waals surface area contributed by atoms with Gasteiger partial charge in [0.2, 0.25) is 0 Å². The lowest BCUT2D eigenvalue weighted by molar-refractivity contribution is 0.395. The zero-order valence-corrected chi connectivity index (χ0v) is 11.3. The molecule has 5 heteroatoms. The summed E-state index contributed by atoms with van der Waals surface area (Å²) >= 11 is 0. The first-order valence-corrected chi connectivity index (χ1v) is 6.07. The highest BCUT2D eigenvalue weighted by Crippen LogP contribution is 2.29. The van der Waals surface area contributed by atoms with E-state index in [4.69, 9.17) is 14.6 Å². The van der Waals surface area contributed by atoms with Crippen molar-refractivity contribution >= 4 is 5.69 Å². The van der Waals surface area contributed by atoms with Crippen LogP contribution in [0.3, 0.4) is 0 Å². The molecular formula is C15H16FNO3. The lowest BCUT2D eigenvalue weighted by Gasteiger charge is -2.12. The quantitative estimate of drug-likeness (QED) is 0.881. The maximum absolute atomic E-state index is 13.2. The maximum atomic E-state index is 13.2. The fourth-order valence-electron chi connectivity index (χ4n) is 1.80. The van der Waals surface area contributed by atoms with E-state index in [0.717, 1.165) is 11.3 Å². The van der Waals surface area contributed by atoms with Crippen molar-refractivity contribution in [2.45, 2.75) is 6.54 Å². The van der Waals surface area contributed by atoms with E-state index in [-0.39, 0.29) is 5.75 Å². The first kappa shape index (κ1) is 14.0. The van der Waals surface area contributed by atoms with Crippen molar-refractivity contribution in [2.24, 2.45) is 0 Å². The van der Waals surface area contributed by atoms with Gasteiger partial charge in [-0.3, -0.25) is 0 Å². The van der Waals surface area contributed by atoms with Crippen molar-refractivity contribution in [3.05, 3.63) is 47.8 Å². The molecule has 0 saturated carbocycles. The van der Waals surface area contributed by atoms with E-state index in [0.29, 0.717) is 18.0 Å². The summed E-state index contributed by atoms with van der Waals surface area (Å²) in [5.41, 5.74) is 1.50. The molecule has 4 nitrogen and oxygen atoms in total. The summed E-state index contributed by atoms with van der Waals surface area (Å²) in [5, 5.41) is 12.3. The molecule has 2 aromatic carbocycles. The van der Waals surface area contributed by atoms with Crippen molar-refractivity contribution in [1.82, 2.24) is 0 Å². The molecule has 0 spiro atoms. The number of ether oxygens (including phenoxy) is 2. The van der Waals surface area contributed by atoms with Crippen LogP contribution in [-0.4, -0.2) is 19.3 Å². The van der Waals surface area contributed by atoms with Crippen molar-refractivity contribution < 1.29 is 19.0 Å². The van der Waals surface area contributed by atoms with Gasteiger partial charge in [-0.15, -0.1) is 0 Å². The number of aromatic hydroxyl groups is 1. The third kappa shape index (κ3) is 3.12. The van der Waals surface area contributed by atoms with Crippen molar-refractivity contribution in [2.75, 3.05) is 19.5 Å².